The third-order valence-corrected chi connectivity index (χ3v) is 5.12. The molecule has 31 heavy (non-hydrogen) atoms. The second kappa shape index (κ2) is 10.6. The highest BCUT2D eigenvalue weighted by molar-refractivity contribution is 6.31. The maximum absolute atomic E-state index is 12.6. The number of hydrogen-bond acceptors (Lipinski definition) is 3. The average molecular weight is 437 g/mol. The predicted molar refractivity (Wildman–Crippen MR) is 126 cm³/mol. The van der Waals surface area contributed by atoms with Gasteiger partial charge in [0.25, 0.3) is 5.91 Å². The van der Waals surface area contributed by atoms with E-state index in [1.165, 1.54) is 0 Å². The van der Waals surface area contributed by atoms with Gasteiger partial charge >= 0.3 is 6.03 Å². The molecule has 3 rings (SSSR count). The molecule has 0 spiro atoms. The van der Waals surface area contributed by atoms with Gasteiger partial charge in [0.1, 0.15) is 0 Å². The highest BCUT2D eigenvalue weighted by atomic mass is 35.5. The number of amides is 3. The number of hydrogen-bond donors (Lipinski definition) is 3. The van der Waals surface area contributed by atoms with Gasteiger partial charge < -0.3 is 20.9 Å². The molecule has 0 aliphatic heterocycles. The van der Waals surface area contributed by atoms with Gasteiger partial charge in [0.2, 0.25) is 0 Å². The number of anilines is 2. The van der Waals surface area contributed by atoms with Crippen LogP contribution in [-0.4, -0.2) is 37.5 Å². The van der Waals surface area contributed by atoms with E-state index in [9.17, 15) is 9.59 Å². The smallest absolute Gasteiger partial charge is 0.323 e. The lowest BCUT2D eigenvalue weighted by molar-refractivity contribution is 0.0942. The van der Waals surface area contributed by atoms with Gasteiger partial charge in [-0.1, -0.05) is 48.0 Å². The zero-order valence-electron chi connectivity index (χ0n) is 17.4. The second-order valence-corrected chi connectivity index (χ2v) is 7.64. The molecular weight excluding hydrogens is 412 g/mol. The topological polar surface area (TPSA) is 73.5 Å². The van der Waals surface area contributed by atoms with Crippen LogP contribution in [0.1, 0.15) is 22.0 Å². The van der Waals surface area contributed by atoms with E-state index in [1.807, 2.05) is 61.5 Å². The molecule has 6 nitrogen and oxygen atoms in total. The molecule has 0 bridgehead atoms. The van der Waals surface area contributed by atoms with Crippen LogP contribution in [0, 0.1) is 0 Å². The third-order valence-electron chi connectivity index (χ3n) is 4.78. The lowest BCUT2D eigenvalue weighted by Gasteiger charge is -2.26. The fourth-order valence-electron chi connectivity index (χ4n) is 3.13. The predicted octanol–water partition coefficient (Wildman–Crippen LogP) is 5.02. The van der Waals surface area contributed by atoms with Crippen LogP contribution in [0.15, 0.2) is 78.9 Å². The number of carbonyl (C=O) groups excluding carboxylic acids is 2. The Morgan fingerprint density at radius 3 is 2.03 bits per heavy atom. The Labute approximate surface area is 187 Å². The minimum Gasteiger partial charge on any atom is -0.350 e. The molecule has 3 N–H and O–H groups in total. The highest BCUT2D eigenvalue weighted by Gasteiger charge is 2.18. The summed E-state index contributed by atoms with van der Waals surface area (Å²) in [5.41, 5.74) is 2.75. The zero-order chi connectivity index (χ0) is 22.2. The Hall–Kier alpha value is -3.35. The van der Waals surface area contributed by atoms with Crippen LogP contribution in [0.4, 0.5) is 16.2 Å². The van der Waals surface area contributed by atoms with E-state index in [1.54, 1.807) is 36.4 Å². The molecule has 0 heterocycles. The van der Waals surface area contributed by atoms with Crippen LogP contribution in [0.2, 0.25) is 5.02 Å². The molecule has 1 unspecified atom stereocenters. The third kappa shape index (κ3) is 6.31. The Balaban J connectivity index is 1.57. The van der Waals surface area contributed by atoms with Crippen molar-refractivity contribution in [2.45, 2.75) is 6.04 Å². The van der Waals surface area contributed by atoms with Crippen molar-refractivity contribution in [2.75, 3.05) is 31.3 Å². The number of carbonyl (C=O) groups is 2. The molecule has 0 aliphatic carbocycles. The van der Waals surface area contributed by atoms with Gasteiger partial charge in [0, 0.05) is 28.5 Å². The molecule has 1 atom stereocenters. The van der Waals surface area contributed by atoms with Crippen molar-refractivity contribution >= 4 is 34.9 Å². The quantitative estimate of drug-likeness (QED) is 0.487. The summed E-state index contributed by atoms with van der Waals surface area (Å²) in [5, 5.41) is 9.12. The summed E-state index contributed by atoms with van der Waals surface area (Å²) in [5.74, 6) is -0.195. The van der Waals surface area contributed by atoms with E-state index in [0.29, 0.717) is 28.5 Å². The van der Waals surface area contributed by atoms with Crippen LogP contribution >= 0.6 is 11.6 Å². The fourth-order valence-corrected chi connectivity index (χ4v) is 3.39. The summed E-state index contributed by atoms with van der Waals surface area (Å²) >= 11 is 6.33. The number of halogens is 1. The molecule has 0 saturated carbocycles. The van der Waals surface area contributed by atoms with E-state index < -0.39 is 0 Å². The summed E-state index contributed by atoms with van der Waals surface area (Å²) in [6.45, 7) is 0.412. The first kappa shape index (κ1) is 22.3. The SMILES string of the molecule is CN(C)C(CNC(=O)c1ccc(NC(=O)Nc2ccccc2)cc1)c1ccccc1Cl. The summed E-state index contributed by atoms with van der Waals surface area (Å²) in [7, 11) is 3.89. The lowest BCUT2D eigenvalue weighted by Crippen LogP contribution is -2.34. The number of nitrogens with zero attached hydrogens (tertiary/aromatic N) is 1. The molecular formula is C24H25ClN4O2. The monoisotopic (exact) mass is 436 g/mol. The molecule has 0 fully saturated rings. The average Bonchev–Trinajstić information content (AvgIpc) is 2.76. The summed E-state index contributed by atoms with van der Waals surface area (Å²) in [6, 6.07) is 23.1. The van der Waals surface area contributed by atoms with Gasteiger partial charge in [0.05, 0.1) is 6.04 Å². The molecule has 3 aromatic rings. The number of rotatable bonds is 7. The maximum atomic E-state index is 12.6. The normalized spacial score (nSPS) is 11.6. The Morgan fingerprint density at radius 2 is 1.42 bits per heavy atom. The largest absolute Gasteiger partial charge is 0.350 e. The second-order valence-electron chi connectivity index (χ2n) is 7.23. The first-order valence-electron chi connectivity index (χ1n) is 9.86. The molecule has 0 radical (unpaired) electrons. The number of likely N-dealkylation sites (N-methyl/N-ethyl adjacent to an activating group) is 1. The Morgan fingerprint density at radius 1 is 0.839 bits per heavy atom. The minimum absolute atomic E-state index is 0.0553. The number of urea groups is 1. The number of nitrogens with one attached hydrogen (secondary N) is 3. The van der Waals surface area contributed by atoms with Crippen LogP contribution in [-0.2, 0) is 0 Å². The summed E-state index contributed by atoms with van der Waals surface area (Å²) in [4.78, 5) is 26.7. The van der Waals surface area contributed by atoms with Crippen LogP contribution in [0.3, 0.4) is 0 Å². The highest BCUT2D eigenvalue weighted by Crippen LogP contribution is 2.25. The van der Waals surface area contributed by atoms with Crippen molar-refractivity contribution in [3.8, 4) is 0 Å². The van der Waals surface area contributed by atoms with Crippen molar-refractivity contribution in [3.05, 3.63) is 95.0 Å². The molecule has 160 valence electrons. The van der Waals surface area contributed by atoms with Gasteiger partial charge in [-0.05, 0) is 62.1 Å². The Kier molecular flexibility index (Phi) is 7.65. The molecule has 7 heteroatoms. The van der Waals surface area contributed by atoms with Gasteiger partial charge in [0.15, 0.2) is 0 Å². The summed E-state index contributed by atoms with van der Waals surface area (Å²) in [6.07, 6.45) is 0. The van der Waals surface area contributed by atoms with E-state index in [2.05, 4.69) is 16.0 Å². The first-order chi connectivity index (χ1) is 14.9. The van der Waals surface area contributed by atoms with E-state index in [0.717, 1.165) is 5.56 Å². The van der Waals surface area contributed by atoms with Crippen LogP contribution < -0.4 is 16.0 Å². The van der Waals surface area contributed by atoms with Gasteiger partial charge in [-0.25, -0.2) is 4.79 Å². The van der Waals surface area contributed by atoms with E-state index in [4.69, 9.17) is 11.6 Å². The van der Waals surface area contributed by atoms with Crippen LogP contribution in [0.25, 0.3) is 0 Å². The maximum Gasteiger partial charge on any atom is 0.323 e. The lowest BCUT2D eigenvalue weighted by atomic mass is 10.1. The van der Waals surface area contributed by atoms with Crippen molar-refractivity contribution in [1.29, 1.82) is 0 Å². The minimum atomic E-state index is -0.350. The molecule has 3 aromatic carbocycles. The van der Waals surface area contributed by atoms with E-state index in [-0.39, 0.29) is 18.0 Å². The number of para-hydroxylation sites is 1. The van der Waals surface area contributed by atoms with Gasteiger partial charge in [-0.3, -0.25) is 4.79 Å². The molecule has 0 saturated heterocycles. The van der Waals surface area contributed by atoms with Crippen molar-refractivity contribution in [3.63, 3.8) is 0 Å². The van der Waals surface area contributed by atoms with Crippen molar-refractivity contribution in [2.24, 2.45) is 0 Å². The molecule has 3 amide bonds. The van der Waals surface area contributed by atoms with E-state index >= 15 is 0 Å². The fraction of sp³-hybridized carbons (Fsp3) is 0.167. The van der Waals surface area contributed by atoms with Crippen molar-refractivity contribution in [1.82, 2.24) is 10.2 Å². The van der Waals surface area contributed by atoms with Crippen LogP contribution in [0.5, 0.6) is 0 Å². The summed E-state index contributed by atoms with van der Waals surface area (Å²) < 4.78 is 0. The van der Waals surface area contributed by atoms with Gasteiger partial charge in [-0.15, -0.1) is 0 Å². The Bertz CT molecular complexity index is 1020. The van der Waals surface area contributed by atoms with Gasteiger partial charge in [-0.2, -0.15) is 0 Å². The molecule has 0 aliphatic rings. The zero-order valence-corrected chi connectivity index (χ0v) is 18.2. The molecule has 0 aromatic heterocycles. The number of benzene rings is 3. The first-order valence-corrected chi connectivity index (χ1v) is 10.2. The van der Waals surface area contributed by atoms with Crippen molar-refractivity contribution < 1.29 is 9.59 Å². The standard InChI is InChI=1S/C24H25ClN4O2/c1-29(2)22(20-10-6-7-11-21(20)25)16-26-23(30)17-12-14-19(15-13-17)28-24(31)27-18-8-4-3-5-9-18/h3-15,22H,16H2,1-2H3,(H,26,30)(H2,27,28,31).